The van der Waals surface area contributed by atoms with E-state index in [9.17, 15) is 24.0 Å². The van der Waals surface area contributed by atoms with E-state index in [1.54, 1.807) is 0 Å². The number of fused-ring (bicyclic) bond motifs is 1. The molecular formula is C86H141Cl3N2O15. The summed E-state index contributed by atoms with van der Waals surface area (Å²) in [5, 5.41) is 6.12. The fourth-order valence-corrected chi connectivity index (χ4v) is 14.9. The molecule has 3 aliphatic heterocycles. The molecule has 5 unspecified atom stereocenters. The maximum atomic E-state index is 15.0. The van der Waals surface area contributed by atoms with Crippen LogP contribution in [0.15, 0.2) is 60.7 Å². The van der Waals surface area contributed by atoms with Gasteiger partial charge in [0.2, 0.25) is 9.70 Å². The van der Waals surface area contributed by atoms with Crippen molar-refractivity contribution in [2.45, 2.75) is 403 Å². The van der Waals surface area contributed by atoms with Crippen LogP contribution in [0.5, 0.6) is 0 Å². The molecule has 0 radical (unpaired) electrons. The van der Waals surface area contributed by atoms with Crippen LogP contribution in [0.25, 0.3) is 0 Å². The third kappa shape index (κ3) is 39.9. The maximum absolute atomic E-state index is 15.0. The fraction of sp³-hybridized carbons (Fsp3) is 0.802. The van der Waals surface area contributed by atoms with Gasteiger partial charge in [0.25, 0.3) is 0 Å². The summed E-state index contributed by atoms with van der Waals surface area (Å²) in [6.07, 6.45) is 33.3. The molecule has 20 heteroatoms. The minimum Gasteiger partial charge on any atom is -0.462 e. The van der Waals surface area contributed by atoms with E-state index in [2.05, 4.69) is 52.2 Å². The van der Waals surface area contributed by atoms with Gasteiger partial charge in [-0.25, -0.2) is 4.79 Å². The number of alkyl halides is 3. The van der Waals surface area contributed by atoms with Gasteiger partial charge in [0.1, 0.15) is 43.1 Å². The van der Waals surface area contributed by atoms with Gasteiger partial charge >= 0.3 is 24.0 Å². The van der Waals surface area contributed by atoms with Gasteiger partial charge in [-0.3, -0.25) is 19.2 Å². The second-order valence-corrected chi connectivity index (χ2v) is 33.5. The highest BCUT2D eigenvalue weighted by Gasteiger charge is 2.55. The Kier molecular flexibility index (Phi) is 49.4. The zero-order valence-electron chi connectivity index (χ0n) is 66.3. The summed E-state index contributed by atoms with van der Waals surface area (Å²) in [5.74, 6) is -2.21. The average Bonchev–Trinajstić information content (AvgIpc) is 0.780. The van der Waals surface area contributed by atoms with E-state index in [0.717, 1.165) is 95.5 Å². The van der Waals surface area contributed by atoms with Crippen LogP contribution in [0.4, 0.5) is 4.79 Å². The van der Waals surface area contributed by atoms with Crippen molar-refractivity contribution in [3.05, 3.63) is 71.8 Å². The second kappa shape index (κ2) is 56.4. The van der Waals surface area contributed by atoms with Crippen LogP contribution in [0.1, 0.15) is 342 Å². The molecule has 14 atom stereocenters. The van der Waals surface area contributed by atoms with Crippen LogP contribution in [0, 0.1) is 17.8 Å². The predicted octanol–water partition coefficient (Wildman–Crippen LogP) is 22.2. The Labute approximate surface area is 654 Å². The first-order valence-corrected chi connectivity index (χ1v) is 43.3. The highest BCUT2D eigenvalue weighted by Crippen LogP contribution is 2.39. The molecule has 3 saturated heterocycles. The SMILES string of the molecule is CCCCCCCCCCCC(=O)O[C@H](CCCCCCCCCCC)CC(=O)O[C@@H]1C(NC(=O)OCC(Cl)(Cl)Cl)[C@H](OCC2O[C@H](OCc3ccccc3)C(NC(=O)C[C@H](C)CCCCCCCCCCC)[C@@H](OC(=O)C[C@H](C)CCCCCCCCCCC)[C@@H]2C)OC2COC(c3ccccc3)O[C@H]21. The molecular weight excluding hydrogens is 1410 g/mol. The molecule has 2 aromatic carbocycles. The van der Waals surface area contributed by atoms with E-state index < -0.39 is 102 Å². The van der Waals surface area contributed by atoms with E-state index in [0.29, 0.717) is 18.4 Å². The summed E-state index contributed by atoms with van der Waals surface area (Å²) >= 11 is 18.4. The lowest BCUT2D eigenvalue weighted by Gasteiger charge is -2.49. The second-order valence-electron chi connectivity index (χ2n) is 31.0. The first-order chi connectivity index (χ1) is 51.4. The van der Waals surface area contributed by atoms with Gasteiger partial charge in [-0.2, -0.15) is 0 Å². The molecule has 5 rings (SSSR count). The zero-order chi connectivity index (χ0) is 76.4. The van der Waals surface area contributed by atoms with E-state index in [1.165, 1.54) is 148 Å². The maximum Gasteiger partial charge on any atom is 0.407 e. The van der Waals surface area contributed by atoms with Gasteiger partial charge in [0.05, 0.1) is 32.3 Å². The lowest BCUT2D eigenvalue weighted by atomic mass is 9.88. The molecule has 0 bridgehead atoms. The van der Waals surface area contributed by atoms with E-state index in [4.69, 9.17) is 82.2 Å². The summed E-state index contributed by atoms with van der Waals surface area (Å²) in [5.41, 5.74) is 1.54. The molecule has 3 aliphatic rings. The van der Waals surface area contributed by atoms with Crippen LogP contribution in [0.3, 0.4) is 0 Å². The lowest BCUT2D eigenvalue weighted by Crippen LogP contribution is -2.68. The Balaban J connectivity index is 1.45. The van der Waals surface area contributed by atoms with Gasteiger partial charge in [-0.05, 0) is 36.7 Å². The molecule has 17 nitrogen and oxygen atoms in total. The van der Waals surface area contributed by atoms with Crippen molar-refractivity contribution in [1.29, 1.82) is 0 Å². The van der Waals surface area contributed by atoms with Gasteiger partial charge < -0.3 is 58.0 Å². The molecule has 3 heterocycles. The summed E-state index contributed by atoms with van der Waals surface area (Å²) < 4.78 is 63.5. The van der Waals surface area contributed by atoms with Gasteiger partial charge in [0.15, 0.2) is 25.0 Å². The largest absolute Gasteiger partial charge is 0.462 e. The molecule has 2 amide bonds. The van der Waals surface area contributed by atoms with Crippen LogP contribution in [-0.4, -0.2) is 115 Å². The number of halogens is 3. The molecule has 2 N–H and O–H groups in total. The van der Waals surface area contributed by atoms with Crippen molar-refractivity contribution in [2.24, 2.45) is 17.8 Å². The molecule has 0 spiro atoms. The highest BCUT2D eigenvalue weighted by molar-refractivity contribution is 6.67. The number of hydrogen-bond donors (Lipinski definition) is 2. The van der Waals surface area contributed by atoms with Crippen LogP contribution < -0.4 is 10.6 Å². The van der Waals surface area contributed by atoms with Crippen molar-refractivity contribution >= 4 is 64.7 Å². The highest BCUT2D eigenvalue weighted by atomic mass is 35.6. The quantitative estimate of drug-likeness (QED) is 0.0274. The summed E-state index contributed by atoms with van der Waals surface area (Å²) in [4.78, 5) is 72.0. The Bertz CT molecular complexity index is 2610. The summed E-state index contributed by atoms with van der Waals surface area (Å²) in [6.45, 7) is 14.1. The third-order valence-corrected chi connectivity index (χ3v) is 21.5. The number of esters is 3. The Morgan fingerprint density at radius 3 is 1.48 bits per heavy atom. The number of unbranched alkanes of at least 4 members (excludes halogenated alkanes) is 32. The van der Waals surface area contributed by atoms with Crippen LogP contribution in [0.2, 0.25) is 0 Å². The van der Waals surface area contributed by atoms with Crippen LogP contribution in [-0.2, 0) is 73.2 Å². The third-order valence-electron chi connectivity index (χ3n) is 21.1. The van der Waals surface area contributed by atoms with Gasteiger partial charge in [-0.15, -0.1) is 0 Å². The molecule has 606 valence electrons. The van der Waals surface area contributed by atoms with E-state index >= 15 is 0 Å². The first kappa shape index (κ1) is 92.8. The van der Waals surface area contributed by atoms with Gasteiger partial charge in [0, 0.05) is 30.7 Å². The standard InChI is InChI=1S/C86H141Cl3N2O15/c1-8-12-16-20-24-28-32-36-42-50-65(5)58-73(92)90-77-79(104-75(94)59-66(6)51-43-37-33-29-25-21-17-13-9-2)67(7)71(102-83(77)97-61-68-52-44-40-45-53-68)62-99-84-78(91-85(96)100-64-86(87,88)89)81(80-72(103-84)63-98-82(106-80)69-54-46-41-47-55-69)105-76(95)60-70(56-48-38-34-30-26-22-18-14-10-3)101-74(93)57-49-39-35-31-27-23-19-15-11-4/h40-41,44-47,52-55,65-67,70-72,77-84H,8-39,42-43,48-51,56-64H2,1-7H3,(H,90,92)(H,91,96)/t65-,66-,67-,70-,71?,72?,77?,78?,79+,80-,81-,82?,83+,84-/m1/s1. The normalized spacial score (nSPS) is 22.5. The number of hydrogen-bond acceptors (Lipinski definition) is 15. The average molecular weight is 1550 g/mol. The smallest absolute Gasteiger partial charge is 0.407 e. The molecule has 0 aromatic heterocycles. The Morgan fingerprint density at radius 1 is 0.500 bits per heavy atom. The van der Waals surface area contributed by atoms with Crippen molar-refractivity contribution in [2.75, 3.05) is 19.8 Å². The number of nitrogens with one attached hydrogen (secondary N) is 2. The Hall–Kier alpha value is -3.78. The molecule has 0 saturated carbocycles. The van der Waals surface area contributed by atoms with Crippen LogP contribution >= 0.6 is 34.8 Å². The number of carbonyl (C=O) groups is 5. The zero-order valence-corrected chi connectivity index (χ0v) is 68.6. The van der Waals surface area contributed by atoms with Crippen molar-refractivity contribution in [3.8, 4) is 0 Å². The number of carbonyl (C=O) groups excluding carboxylic acids is 5. The first-order valence-electron chi connectivity index (χ1n) is 42.2. The topological polar surface area (TPSA) is 202 Å². The molecule has 0 aliphatic carbocycles. The van der Waals surface area contributed by atoms with Crippen molar-refractivity contribution < 1.29 is 71.3 Å². The van der Waals surface area contributed by atoms with Crippen molar-refractivity contribution in [3.63, 3.8) is 0 Å². The number of rotatable bonds is 59. The minimum absolute atomic E-state index is 0.0392. The molecule has 3 fully saturated rings. The molecule has 2 aromatic rings. The van der Waals surface area contributed by atoms with Crippen molar-refractivity contribution in [1.82, 2.24) is 10.6 Å². The predicted molar refractivity (Wildman–Crippen MR) is 423 cm³/mol. The summed E-state index contributed by atoms with van der Waals surface area (Å²) in [6, 6.07) is 16.6. The summed E-state index contributed by atoms with van der Waals surface area (Å²) in [7, 11) is 0. The monoisotopic (exact) mass is 1550 g/mol. The molecule has 106 heavy (non-hydrogen) atoms. The number of alkyl carbamates (subject to hydrolysis) is 1. The lowest BCUT2D eigenvalue weighted by molar-refractivity contribution is -0.350. The fourth-order valence-electron chi connectivity index (χ4n) is 14.7. The minimum atomic E-state index is -1.99. The van der Waals surface area contributed by atoms with E-state index in [1.807, 2.05) is 67.6 Å². The van der Waals surface area contributed by atoms with Gasteiger partial charge in [-0.1, -0.05) is 375 Å². The number of amides is 2. The number of ether oxygens (including phenoxy) is 10. The Morgan fingerprint density at radius 2 is 0.953 bits per heavy atom. The number of benzene rings is 2. The van der Waals surface area contributed by atoms with E-state index in [-0.39, 0.29) is 69.2 Å².